The van der Waals surface area contributed by atoms with Crippen LogP contribution >= 0.6 is 0 Å². The third kappa shape index (κ3) is 2.20. The molecule has 22 heavy (non-hydrogen) atoms. The van der Waals surface area contributed by atoms with Crippen molar-refractivity contribution < 1.29 is 9.47 Å². The Kier molecular flexibility index (Phi) is 3.74. The van der Waals surface area contributed by atoms with E-state index in [1.165, 1.54) is 50.0 Å². The van der Waals surface area contributed by atoms with Crippen LogP contribution in [0.15, 0.2) is 12.1 Å². The highest BCUT2D eigenvalue weighted by Gasteiger charge is 2.41. The normalized spacial score (nSPS) is 30.9. The largest absolute Gasteiger partial charge is 0.493 e. The third-order valence-electron chi connectivity index (χ3n) is 5.79. The van der Waals surface area contributed by atoms with Gasteiger partial charge in [0.2, 0.25) is 0 Å². The van der Waals surface area contributed by atoms with Gasteiger partial charge in [-0.05, 0) is 49.8 Å². The van der Waals surface area contributed by atoms with Crippen LogP contribution in [-0.4, -0.2) is 44.8 Å². The lowest BCUT2D eigenvalue weighted by Crippen LogP contribution is -2.54. The molecule has 0 spiro atoms. The summed E-state index contributed by atoms with van der Waals surface area (Å²) in [6.45, 7) is 3.58. The quantitative estimate of drug-likeness (QED) is 0.909. The Hall–Kier alpha value is -1.26. The molecule has 2 saturated heterocycles. The van der Waals surface area contributed by atoms with Crippen LogP contribution < -0.4 is 14.8 Å². The van der Waals surface area contributed by atoms with Crippen molar-refractivity contribution in [2.75, 3.05) is 33.9 Å². The van der Waals surface area contributed by atoms with E-state index in [1.54, 1.807) is 14.2 Å². The number of ether oxygens (including phenoxy) is 2. The Balaban J connectivity index is 1.72. The zero-order valence-corrected chi connectivity index (χ0v) is 13.6. The van der Waals surface area contributed by atoms with E-state index in [9.17, 15) is 0 Å². The van der Waals surface area contributed by atoms with Crippen LogP contribution in [0.5, 0.6) is 11.5 Å². The fourth-order valence-electron chi connectivity index (χ4n) is 4.72. The van der Waals surface area contributed by atoms with Gasteiger partial charge in [-0.1, -0.05) is 6.07 Å². The zero-order valence-electron chi connectivity index (χ0n) is 13.6. The van der Waals surface area contributed by atoms with Crippen molar-refractivity contribution in [1.29, 1.82) is 0 Å². The van der Waals surface area contributed by atoms with Crippen molar-refractivity contribution in [3.8, 4) is 11.5 Å². The Labute approximate surface area is 132 Å². The lowest BCUT2D eigenvalue weighted by molar-refractivity contribution is 0.0536. The fourth-order valence-corrected chi connectivity index (χ4v) is 4.72. The first-order valence-corrected chi connectivity index (χ1v) is 8.53. The predicted octanol–water partition coefficient (Wildman–Crippen LogP) is 2.37. The van der Waals surface area contributed by atoms with Gasteiger partial charge in [-0.2, -0.15) is 0 Å². The topological polar surface area (TPSA) is 33.7 Å². The second-order valence-corrected chi connectivity index (χ2v) is 6.83. The summed E-state index contributed by atoms with van der Waals surface area (Å²) in [5.74, 6) is 2.63. The number of methoxy groups -OCH3 is 2. The van der Waals surface area contributed by atoms with E-state index >= 15 is 0 Å². The van der Waals surface area contributed by atoms with Gasteiger partial charge in [0.1, 0.15) is 0 Å². The minimum Gasteiger partial charge on any atom is -0.493 e. The molecule has 0 unspecified atom stereocenters. The maximum Gasteiger partial charge on any atom is 0.165 e. The van der Waals surface area contributed by atoms with Crippen molar-refractivity contribution >= 4 is 0 Å². The molecule has 3 aliphatic heterocycles. The van der Waals surface area contributed by atoms with Gasteiger partial charge in [0.25, 0.3) is 0 Å². The summed E-state index contributed by atoms with van der Waals surface area (Å²) < 4.78 is 11.3. The summed E-state index contributed by atoms with van der Waals surface area (Å²) in [7, 11) is 3.49. The van der Waals surface area contributed by atoms with Crippen molar-refractivity contribution in [2.24, 2.45) is 5.92 Å². The number of piperidine rings is 2. The van der Waals surface area contributed by atoms with E-state index in [-0.39, 0.29) is 0 Å². The molecule has 4 heteroatoms. The van der Waals surface area contributed by atoms with Crippen molar-refractivity contribution in [3.05, 3.63) is 23.3 Å². The number of nitrogens with one attached hydrogen (secondary N) is 1. The number of fused-ring (bicyclic) bond motifs is 4. The highest BCUT2D eigenvalue weighted by molar-refractivity contribution is 5.53. The molecule has 1 N–H and O–H groups in total. The van der Waals surface area contributed by atoms with Crippen LogP contribution in [0.2, 0.25) is 0 Å². The standard InChI is InChI=1S/C18H26N2O2/c1-21-16-6-5-12-7-9-20-11-13-4-3-8-19-14(13)10-15(20)17(12)18(16)22-2/h5-6,13-15,19H,3-4,7-11H2,1-2H3/t13-,14+,15+/m0/s1. The van der Waals surface area contributed by atoms with Crippen LogP contribution in [0.4, 0.5) is 0 Å². The lowest BCUT2D eigenvalue weighted by Gasteiger charge is -2.49. The van der Waals surface area contributed by atoms with Crippen LogP contribution in [0.25, 0.3) is 0 Å². The van der Waals surface area contributed by atoms with Gasteiger partial charge < -0.3 is 14.8 Å². The molecule has 3 aliphatic rings. The smallest absolute Gasteiger partial charge is 0.165 e. The van der Waals surface area contributed by atoms with Crippen molar-refractivity contribution in [1.82, 2.24) is 10.2 Å². The molecule has 0 aromatic heterocycles. The molecule has 120 valence electrons. The van der Waals surface area contributed by atoms with Gasteiger partial charge in [0, 0.05) is 30.7 Å². The van der Waals surface area contributed by atoms with Crippen molar-refractivity contribution in [2.45, 2.75) is 37.8 Å². The average molecular weight is 302 g/mol. The summed E-state index contributed by atoms with van der Waals surface area (Å²) in [6, 6.07) is 5.42. The third-order valence-corrected chi connectivity index (χ3v) is 5.79. The summed E-state index contributed by atoms with van der Waals surface area (Å²) in [5.41, 5.74) is 2.81. The molecule has 4 nitrogen and oxygen atoms in total. The van der Waals surface area contributed by atoms with E-state index < -0.39 is 0 Å². The number of hydrogen-bond donors (Lipinski definition) is 1. The molecule has 1 aromatic rings. The lowest BCUT2D eigenvalue weighted by atomic mass is 9.77. The minimum absolute atomic E-state index is 0.473. The second kappa shape index (κ2) is 5.74. The predicted molar refractivity (Wildman–Crippen MR) is 86.7 cm³/mol. The molecule has 0 amide bonds. The average Bonchev–Trinajstić information content (AvgIpc) is 2.58. The molecular formula is C18H26N2O2. The first-order valence-electron chi connectivity index (χ1n) is 8.53. The molecule has 0 saturated carbocycles. The van der Waals surface area contributed by atoms with Crippen molar-refractivity contribution in [3.63, 3.8) is 0 Å². The van der Waals surface area contributed by atoms with E-state index in [2.05, 4.69) is 22.3 Å². The van der Waals surface area contributed by atoms with Crippen LogP contribution in [-0.2, 0) is 6.42 Å². The highest BCUT2D eigenvalue weighted by atomic mass is 16.5. The van der Waals surface area contributed by atoms with Crippen LogP contribution in [0.1, 0.15) is 36.4 Å². The Morgan fingerprint density at radius 1 is 1.23 bits per heavy atom. The minimum atomic E-state index is 0.473. The van der Waals surface area contributed by atoms with E-state index in [0.717, 1.165) is 23.8 Å². The molecule has 0 aliphatic carbocycles. The molecule has 4 rings (SSSR count). The fraction of sp³-hybridized carbons (Fsp3) is 0.667. The molecule has 0 bridgehead atoms. The van der Waals surface area contributed by atoms with Gasteiger partial charge >= 0.3 is 0 Å². The second-order valence-electron chi connectivity index (χ2n) is 6.83. The van der Waals surface area contributed by atoms with Crippen LogP contribution in [0, 0.1) is 5.92 Å². The zero-order chi connectivity index (χ0) is 15.1. The number of hydrogen-bond acceptors (Lipinski definition) is 4. The number of rotatable bonds is 2. The molecule has 1 aromatic carbocycles. The van der Waals surface area contributed by atoms with Gasteiger partial charge in [0.05, 0.1) is 14.2 Å². The Bertz CT molecular complexity index is 560. The first kappa shape index (κ1) is 14.3. The van der Waals surface area contributed by atoms with E-state index in [1.807, 2.05) is 0 Å². The number of benzene rings is 1. The summed E-state index contributed by atoms with van der Waals surface area (Å²) in [5, 5.41) is 3.75. The molecule has 3 atom stereocenters. The van der Waals surface area contributed by atoms with Gasteiger partial charge in [0.15, 0.2) is 11.5 Å². The highest BCUT2D eigenvalue weighted by Crippen LogP contribution is 2.47. The Morgan fingerprint density at radius 3 is 2.95 bits per heavy atom. The molecule has 0 radical (unpaired) electrons. The Morgan fingerprint density at radius 2 is 2.14 bits per heavy atom. The molecule has 2 fully saturated rings. The monoisotopic (exact) mass is 302 g/mol. The maximum atomic E-state index is 5.75. The van der Waals surface area contributed by atoms with Gasteiger partial charge in [-0.25, -0.2) is 0 Å². The van der Waals surface area contributed by atoms with Gasteiger partial charge in [-0.3, -0.25) is 4.90 Å². The van der Waals surface area contributed by atoms with Gasteiger partial charge in [-0.15, -0.1) is 0 Å². The molecular weight excluding hydrogens is 276 g/mol. The van der Waals surface area contributed by atoms with E-state index in [0.29, 0.717) is 12.1 Å². The van der Waals surface area contributed by atoms with E-state index in [4.69, 9.17) is 9.47 Å². The first-order chi connectivity index (χ1) is 10.8. The molecule has 3 heterocycles. The van der Waals surface area contributed by atoms with Crippen LogP contribution in [0.3, 0.4) is 0 Å². The summed E-state index contributed by atoms with van der Waals surface area (Å²) in [6.07, 6.45) is 5.02. The maximum absolute atomic E-state index is 5.75. The SMILES string of the molecule is COc1ccc2c(c1OC)[C@H]1C[C@H]3NCCC[C@H]3CN1CC2. The summed E-state index contributed by atoms with van der Waals surface area (Å²) >= 11 is 0. The summed E-state index contributed by atoms with van der Waals surface area (Å²) in [4.78, 5) is 2.68. The number of nitrogens with zero attached hydrogens (tertiary/aromatic N) is 1.